The van der Waals surface area contributed by atoms with Crippen molar-refractivity contribution in [2.45, 2.75) is 20.3 Å². The molecule has 0 aliphatic carbocycles. The van der Waals surface area contributed by atoms with Crippen molar-refractivity contribution in [3.05, 3.63) is 64.7 Å². The second kappa shape index (κ2) is 8.31. The molecule has 2 amide bonds. The molecule has 2 rings (SSSR count). The van der Waals surface area contributed by atoms with E-state index in [4.69, 9.17) is 11.6 Å². The lowest BCUT2D eigenvalue weighted by atomic mass is 10.1. The third-order valence-corrected chi connectivity index (χ3v) is 3.85. The van der Waals surface area contributed by atoms with Crippen molar-refractivity contribution in [2.24, 2.45) is 0 Å². The first-order valence-electron chi connectivity index (χ1n) is 7.64. The minimum atomic E-state index is -0.267. The average molecular weight is 343 g/mol. The smallest absolute Gasteiger partial charge is 0.248 e. The number of amides is 2. The van der Waals surface area contributed by atoms with Crippen molar-refractivity contribution in [1.82, 2.24) is 0 Å². The van der Waals surface area contributed by atoms with Crippen LogP contribution < -0.4 is 10.6 Å². The van der Waals surface area contributed by atoms with Crippen LogP contribution in [0.1, 0.15) is 24.5 Å². The Morgan fingerprint density at radius 2 is 1.71 bits per heavy atom. The van der Waals surface area contributed by atoms with Crippen molar-refractivity contribution < 1.29 is 9.59 Å². The number of nitrogens with one attached hydrogen (secondary N) is 2. The van der Waals surface area contributed by atoms with Crippen molar-refractivity contribution in [3.63, 3.8) is 0 Å². The zero-order valence-corrected chi connectivity index (χ0v) is 14.4. The molecule has 0 unspecified atom stereocenters. The van der Waals surface area contributed by atoms with Crippen molar-refractivity contribution in [2.75, 3.05) is 10.6 Å². The molecule has 0 saturated carbocycles. The van der Waals surface area contributed by atoms with Gasteiger partial charge in [-0.3, -0.25) is 9.59 Å². The van der Waals surface area contributed by atoms with Gasteiger partial charge in [-0.15, -0.1) is 0 Å². The molecular formula is C19H19ClN2O2. The van der Waals surface area contributed by atoms with E-state index < -0.39 is 0 Å². The molecule has 0 bridgehead atoms. The average Bonchev–Trinajstić information content (AvgIpc) is 2.57. The lowest BCUT2D eigenvalue weighted by Crippen LogP contribution is -2.13. The maximum absolute atomic E-state index is 12.1. The van der Waals surface area contributed by atoms with Crippen molar-refractivity contribution in [3.8, 4) is 0 Å². The number of hydrogen-bond donors (Lipinski definition) is 2. The highest BCUT2D eigenvalue weighted by Crippen LogP contribution is 2.23. The van der Waals surface area contributed by atoms with E-state index in [1.165, 1.54) is 6.08 Å². The Balaban J connectivity index is 2.10. The Bertz CT molecular complexity index is 785. The van der Waals surface area contributed by atoms with Gasteiger partial charge >= 0.3 is 0 Å². The predicted molar refractivity (Wildman–Crippen MR) is 99.2 cm³/mol. The maximum atomic E-state index is 12.1. The van der Waals surface area contributed by atoms with E-state index in [1.807, 2.05) is 25.1 Å². The van der Waals surface area contributed by atoms with Gasteiger partial charge in [0.15, 0.2) is 0 Å². The highest BCUT2D eigenvalue weighted by Gasteiger charge is 2.08. The molecule has 0 saturated heterocycles. The molecule has 0 aliphatic rings. The Kier molecular flexibility index (Phi) is 6.15. The van der Waals surface area contributed by atoms with Crippen LogP contribution in [0.25, 0.3) is 6.08 Å². The number of hydrogen-bond acceptors (Lipinski definition) is 2. The number of rotatable bonds is 5. The molecule has 2 aromatic carbocycles. The number of anilines is 2. The van der Waals surface area contributed by atoms with Gasteiger partial charge < -0.3 is 10.6 Å². The molecule has 124 valence electrons. The van der Waals surface area contributed by atoms with Gasteiger partial charge in [-0.25, -0.2) is 0 Å². The fraction of sp³-hybridized carbons (Fsp3) is 0.158. The van der Waals surface area contributed by atoms with Gasteiger partial charge in [0.2, 0.25) is 11.8 Å². The Morgan fingerprint density at radius 1 is 1.04 bits per heavy atom. The summed E-state index contributed by atoms with van der Waals surface area (Å²) in [5, 5.41) is 6.21. The lowest BCUT2D eigenvalue weighted by Gasteiger charge is -2.12. The molecule has 5 heteroatoms. The summed E-state index contributed by atoms with van der Waals surface area (Å²) < 4.78 is 0. The summed E-state index contributed by atoms with van der Waals surface area (Å²) in [4.78, 5) is 23.6. The fourth-order valence-corrected chi connectivity index (χ4v) is 2.29. The largest absolute Gasteiger partial charge is 0.326 e. The van der Waals surface area contributed by atoms with Gasteiger partial charge in [-0.2, -0.15) is 0 Å². The first kappa shape index (κ1) is 17.8. The van der Waals surface area contributed by atoms with Crippen LogP contribution in [0.15, 0.2) is 48.5 Å². The fourth-order valence-electron chi connectivity index (χ4n) is 2.10. The minimum absolute atomic E-state index is 0.0693. The van der Waals surface area contributed by atoms with E-state index in [0.717, 1.165) is 11.1 Å². The number of halogens is 1. The molecule has 0 aromatic heterocycles. The Labute approximate surface area is 146 Å². The molecular weight excluding hydrogens is 324 g/mol. The van der Waals surface area contributed by atoms with Gasteiger partial charge in [0.05, 0.1) is 0 Å². The second-order valence-electron chi connectivity index (χ2n) is 5.22. The van der Waals surface area contributed by atoms with E-state index >= 15 is 0 Å². The van der Waals surface area contributed by atoms with Crippen LogP contribution in [0.2, 0.25) is 5.02 Å². The molecule has 0 radical (unpaired) electrons. The molecule has 2 aromatic rings. The van der Waals surface area contributed by atoms with E-state index in [0.29, 0.717) is 22.8 Å². The van der Waals surface area contributed by atoms with E-state index in [1.54, 1.807) is 37.3 Å². The van der Waals surface area contributed by atoms with Crippen LogP contribution in [0.3, 0.4) is 0 Å². The maximum Gasteiger partial charge on any atom is 0.248 e. The number of benzene rings is 2. The van der Waals surface area contributed by atoms with E-state index in [2.05, 4.69) is 10.6 Å². The number of carbonyl (C=O) groups is 2. The topological polar surface area (TPSA) is 58.2 Å². The summed E-state index contributed by atoms with van der Waals surface area (Å²) in [6.07, 6.45) is 3.49. The van der Waals surface area contributed by atoms with Crippen molar-refractivity contribution in [1.29, 1.82) is 0 Å². The van der Waals surface area contributed by atoms with Crippen LogP contribution in [-0.4, -0.2) is 11.8 Å². The summed E-state index contributed by atoms with van der Waals surface area (Å²) in [5.74, 6) is -0.336. The normalized spacial score (nSPS) is 10.6. The zero-order valence-electron chi connectivity index (χ0n) is 13.6. The molecule has 0 heterocycles. The first-order chi connectivity index (χ1) is 11.5. The van der Waals surface area contributed by atoms with Crippen LogP contribution >= 0.6 is 11.6 Å². The van der Waals surface area contributed by atoms with Crippen LogP contribution in [0.4, 0.5) is 11.4 Å². The second-order valence-corrected chi connectivity index (χ2v) is 5.63. The Morgan fingerprint density at radius 3 is 2.38 bits per heavy atom. The summed E-state index contributed by atoms with van der Waals surface area (Å²) in [6, 6.07) is 12.7. The summed E-state index contributed by atoms with van der Waals surface area (Å²) in [6.45, 7) is 3.63. The van der Waals surface area contributed by atoms with Crippen LogP contribution in [0.5, 0.6) is 0 Å². The van der Waals surface area contributed by atoms with Gasteiger partial charge in [0.25, 0.3) is 0 Å². The molecule has 0 aliphatic heterocycles. The third-order valence-electron chi connectivity index (χ3n) is 3.51. The summed E-state index contributed by atoms with van der Waals surface area (Å²) >= 11 is 6.05. The Hall–Kier alpha value is -2.59. The molecule has 0 fully saturated rings. The van der Waals surface area contributed by atoms with E-state index in [9.17, 15) is 9.59 Å². The van der Waals surface area contributed by atoms with E-state index in [-0.39, 0.29) is 11.8 Å². The summed E-state index contributed by atoms with van der Waals surface area (Å²) in [5.41, 5.74) is 2.92. The molecule has 0 atom stereocenters. The highest BCUT2D eigenvalue weighted by molar-refractivity contribution is 6.32. The van der Waals surface area contributed by atoms with Crippen LogP contribution in [-0.2, 0) is 9.59 Å². The molecule has 4 nitrogen and oxygen atoms in total. The zero-order chi connectivity index (χ0) is 17.5. The number of carbonyl (C=O) groups excluding carboxylic acids is 2. The quantitative estimate of drug-likeness (QED) is 0.777. The molecule has 2 N–H and O–H groups in total. The first-order valence-corrected chi connectivity index (χ1v) is 8.02. The van der Waals surface area contributed by atoms with Gasteiger partial charge in [0.1, 0.15) is 0 Å². The summed E-state index contributed by atoms with van der Waals surface area (Å²) in [7, 11) is 0. The molecule has 24 heavy (non-hydrogen) atoms. The minimum Gasteiger partial charge on any atom is -0.326 e. The predicted octanol–water partition coefficient (Wildman–Crippen LogP) is 4.65. The van der Waals surface area contributed by atoms with Crippen LogP contribution in [0, 0.1) is 6.92 Å². The standard InChI is InChI=1S/C19H19ClN2O2/c1-3-18(23)21-16-9-6-10-17(13(16)2)22-19(24)12-11-14-7-4-5-8-15(14)20/h4-12H,3H2,1-2H3,(H,21,23)(H,22,24)/b12-11+. The SMILES string of the molecule is CCC(=O)Nc1cccc(NC(=O)/C=C/c2ccccc2Cl)c1C. The van der Waals surface area contributed by atoms with Gasteiger partial charge in [0, 0.05) is 28.9 Å². The lowest BCUT2D eigenvalue weighted by molar-refractivity contribution is -0.116. The van der Waals surface area contributed by atoms with Crippen molar-refractivity contribution >= 4 is 40.9 Å². The third kappa shape index (κ3) is 4.70. The molecule has 0 spiro atoms. The van der Waals surface area contributed by atoms with Gasteiger partial charge in [-0.1, -0.05) is 42.8 Å². The van der Waals surface area contributed by atoms with Gasteiger partial charge in [-0.05, 0) is 42.3 Å². The highest BCUT2D eigenvalue weighted by atomic mass is 35.5. The monoisotopic (exact) mass is 342 g/mol.